The van der Waals surface area contributed by atoms with E-state index in [4.69, 9.17) is 9.47 Å². The summed E-state index contributed by atoms with van der Waals surface area (Å²) in [6.45, 7) is 2.66. The Hall–Kier alpha value is -2.59. The highest BCUT2D eigenvalue weighted by Crippen LogP contribution is 2.32. The van der Waals surface area contributed by atoms with Gasteiger partial charge in [0, 0.05) is 19.5 Å². The van der Waals surface area contributed by atoms with Crippen LogP contribution in [0, 0.1) is 0 Å². The molecule has 0 bridgehead atoms. The van der Waals surface area contributed by atoms with Gasteiger partial charge in [0.05, 0.1) is 45.2 Å². The van der Waals surface area contributed by atoms with Crippen molar-refractivity contribution in [1.82, 2.24) is 19.4 Å². The third-order valence-electron chi connectivity index (χ3n) is 4.32. The molecule has 0 atom stereocenters. The molecule has 2 aromatic rings. The van der Waals surface area contributed by atoms with Gasteiger partial charge in [-0.25, -0.2) is 8.42 Å². The van der Waals surface area contributed by atoms with E-state index < -0.39 is 10.0 Å². The number of sulfonamides is 1. The van der Waals surface area contributed by atoms with E-state index in [0.717, 1.165) is 5.69 Å². The summed E-state index contributed by atoms with van der Waals surface area (Å²) < 4.78 is 39.9. The summed E-state index contributed by atoms with van der Waals surface area (Å²) in [6, 6.07) is 6.49. The molecule has 1 N–H and O–H groups in total. The predicted octanol–water partition coefficient (Wildman–Crippen LogP) is 0.741. The van der Waals surface area contributed by atoms with Crippen LogP contribution in [0.2, 0.25) is 0 Å². The van der Waals surface area contributed by atoms with Crippen molar-refractivity contribution in [2.45, 2.75) is 31.5 Å². The molecule has 1 amide bonds. The number of carbonyl (C=O) groups is 1. The molecule has 1 aromatic carbocycles. The Morgan fingerprint density at radius 2 is 2.00 bits per heavy atom. The van der Waals surface area contributed by atoms with E-state index in [-0.39, 0.29) is 29.6 Å². The van der Waals surface area contributed by atoms with Crippen molar-refractivity contribution in [3.63, 3.8) is 0 Å². The molecule has 0 radical (unpaired) electrons. The van der Waals surface area contributed by atoms with Crippen molar-refractivity contribution in [1.29, 1.82) is 0 Å². The quantitative estimate of drug-likeness (QED) is 0.775. The highest BCUT2D eigenvalue weighted by Gasteiger charge is 2.32. The van der Waals surface area contributed by atoms with Crippen LogP contribution in [0.5, 0.6) is 11.5 Å². The number of hydrogen-bond donors (Lipinski definition) is 1. The summed E-state index contributed by atoms with van der Waals surface area (Å²) >= 11 is 0. The van der Waals surface area contributed by atoms with E-state index in [1.165, 1.54) is 31.5 Å². The van der Waals surface area contributed by atoms with Crippen molar-refractivity contribution in [2.75, 3.05) is 20.8 Å². The summed E-state index contributed by atoms with van der Waals surface area (Å²) in [7, 11) is -0.868. The van der Waals surface area contributed by atoms with Crippen molar-refractivity contribution < 1.29 is 22.7 Å². The molecule has 1 aliphatic heterocycles. The fourth-order valence-electron chi connectivity index (χ4n) is 2.93. The van der Waals surface area contributed by atoms with E-state index in [2.05, 4.69) is 10.4 Å². The van der Waals surface area contributed by atoms with E-state index in [9.17, 15) is 13.2 Å². The van der Waals surface area contributed by atoms with Gasteiger partial charge in [0.25, 0.3) is 0 Å². The lowest BCUT2D eigenvalue weighted by atomic mass is 10.3. The molecule has 0 aliphatic carbocycles. The van der Waals surface area contributed by atoms with E-state index in [1.807, 2.05) is 0 Å². The first-order chi connectivity index (χ1) is 12.8. The van der Waals surface area contributed by atoms with Gasteiger partial charge in [0.15, 0.2) is 0 Å². The standard InChI is InChI=1S/C17H22N4O5S/c1-12(22)18-10-13-8-14-11-20(6-7-21(14)19-13)27(23,24)17-9-15(25-2)4-5-16(17)26-3/h4-5,8-9H,6-7,10-11H2,1-3H3,(H,18,22). The molecule has 0 saturated heterocycles. The molecule has 0 unspecified atom stereocenters. The van der Waals surface area contributed by atoms with E-state index in [0.29, 0.717) is 24.5 Å². The maximum Gasteiger partial charge on any atom is 0.247 e. The van der Waals surface area contributed by atoms with Crippen molar-refractivity contribution in [3.8, 4) is 11.5 Å². The monoisotopic (exact) mass is 394 g/mol. The van der Waals surface area contributed by atoms with E-state index >= 15 is 0 Å². The zero-order valence-corrected chi connectivity index (χ0v) is 16.2. The smallest absolute Gasteiger partial charge is 0.247 e. The average Bonchev–Trinajstić information content (AvgIpc) is 3.08. The number of nitrogens with zero attached hydrogens (tertiary/aromatic N) is 3. The first-order valence-electron chi connectivity index (χ1n) is 8.37. The van der Waals surface area contributed by atoms with Gasteiger partial charge in [-0.1, -0.05) is 0 Å². The number of amides is 1. The number of hydrogen-bond acceptors (Lipinski definition) is 6. The Bertz CT molecular complexity index is 954. The van der Waals surface area contributed by atoms with Crippen LogP contribution in [-0.2, 0) is 34.5 Å². The molecule has 0 saturated carbocycles. The van der Waals surface area contributed by atoms with Gasteiger partial charge in [0.1, 0.15) is 16.4 Å². The number of aromatic nitrogens is 2. The van der Waals surface area contributed by atoms with Gasteiger partial charge in [0.2, 0.25) is 15.9 Å². The van der Waals surface area contributed by atoms with E-state index in [1.54, 1.807) is 22.9 Å². The van der Waals surface area contributed by atoms with Gasteiger partial charge in [-0.15, -0.1) is 0 Å². The number of methoxy groups -OCH3 is 2. The maximum atomic E-state index is 13.2. The van der Waals surface area contributed by atoms with Gasteiger partial charge in [-0.3, -0.25) is 9.48 Å². The second-order valence-corrected chi connectivity index (χ2v) is 8.02. The fraction of sp³-hybridized carbons (Fsp3) is 0.412. The Kier molecular flexibility index (Phi) is 5.38. The topological polar surface area (TPSA) is 103 Å². The largest absolute Gasteiger partial charge is 0.497 e. The minimum Gasteiger partial charge on any atom is -0.497 e. The zero-order chi connectivity index (χ0) is 19.6. The molecule has 10 heteroatoms. The third kappa shape index (κ3) is 3.91. The lowest BCUT2D eigenvalue weighted by molar-refractivity contribution is -0.119. The number of nitrogens with one attached hydrogen (secondary N) is 1. The average molecular weight is 394 g/mol. The molecule has 146 valence electrons. The number of benzene rings is 1. The van der Waals surface area contributed by atoms with Gasteiger partial charge >= 0.3 is 0 Å². The molecule has 1 aliphatic rings. The highest BCUT2D eigenvalue weighted by molar-refractivity contribution is 7.89. The number of ether oxygens (including phenoxy) is 2. The predicted molar refractivity (Wildman–Crippen MR) is 96.9 cm³/mol. The third-order valence-corrected chi connectivity index (χ3v) is 6.19. The Morgan fingerprint density at radius 3 is 2.67 bits per heavy atom. The fourth-order valence-corrected chi connectivity index (χ4v) is 4.51. The zero-order valence-electron chi connectivity index (χ0n) is 15.4. The normalized spacial score (nSPS) is 14.5. The minimum absolute atomic E-state index is 0.0655. The van der Waals surface area contributed by atoms with Crippen LogP contribution in [0.3, 0.4) is 0 Å². The van der Waals surface area contributed by atoms with Crippen LogP contribution in [0.15, 0.2) is 29.2 Å². The van der Waals surface area contributed by atoms with Crippen molar-refractivity contribution in [2.24, 2.45) is 0 Å². The Morgan fingerprint density at radius 1 is 1.22 bits per heavy atom. The first kappa shape index (κ1) is 19.2. The lowest BCUT2D eigenvalue weighted by Gasteiger charge is -2.27. The molecule has 2 heterocycles. The second-order valence-electron chi connectivity index (χ2n) is 6.12. The molecular formula is C17H22N4O5S. The summed E-state index contributed by atoms with van der Waals surface area (Å²) in [5, 5.41) is 7.10. The van der Waals surface area contributed by atoms with Crippen LogP contribution >= 0.6 is 0 Å². The molecule has 9 nitrogen and oxygen atoms in total. The SMILES string of the molecule is COc1ccc(OC)c(S(=O)(=O)N2CCn3nc(CNC(C)=O)cc3C2)c1. The number of carbonyl (C=O) groups excluding carboxylic acids is 1. The second kappa shape index (κ2) is 7.57. The van der Waals surface area contributed by atoms with Crippen LogP contribution in [0.1, 0.15) is 18.3 Å². The maximum absolute atomic E-state index is 13.2. The number of rotatable bonds is 6. The van der Waals surface area contributed by atoms with Crippen LogP contribution in [-0.4, -0.2) is 49.2 Å². The van der Waals surface area contributed by atoms with Crippen LogP contribution < -0.4 is 14.8 Å². The highest BCUT2D eigenvalue weighted by atomic mass is 32.2. The van der Waals surface area contributed by atoms with Crippen LogP contribution in [0.25, 0.3) is 0 Å². The van der Waals surface area contributed by atoms with Gasteiger partial charge < -0.3 is 14.8 Å². The molecular weight excluding hydrogens is 372 g/mol. The Balaban J connectivity index is 1.87. The summed E-state index contributed by atoms with van der Waals surface area (Å²) in [5.74, 6) is 0.561. The molecule has 3 rings (SSSR count). The summed E-state index contributed by atoms with van der Waals surface area (Å²) in [6.07, 6.45) is 0. The minimum atomic E-state index is -3.78. The summed E-state index contributed by atoms with van der Waals surface area (Å²) in [5.41, 5.74) is 1.46. The lowest BCUT2D eigenvalue weighted by Crippen LogP contribution is -2.38. The van der Waals surface area contributed by atoms with Crippen molar-refractivity contribution >= 4 is 15.9 Å². The van der Waals surface area contributed by atoms with Gasteiger partial charge in [-0.05, 0) is 18.2 Å². The summed E-state index contributed by atoms with van der Waals surface area (Å²) in [4.78, 5) is 11.1. The molecule has 0 spiro atoms. The molecule has 0 fully saturated rings. The molecule has 1 aromatic heterocycles. The first-order valence-corrected chi connectivity index (χ1v) is 9.81. The van der Waals surface area contributed by atoms with Crippen LogP contribution in [0.4, 0.5) is 0 Å². The van der Waals surface area contributed by atoms with Gasteiger partial charge in [-0.2, -0.15) is 9.40 Å². The number of fused-ring (bicyclic) bond motifs is 1. The Labute approximate surface area is 157 Å². The molecule has 27 heavy (non-hydrogen) atoms. The van der Waals surface area contributed by atoms with Crippen molar-refractivity contribution in [3.05, 3.63) is 35.7 Å².